The SMILES string of the molecule is CN(C=O)CC(=O)N(C)CC(=O)NCC(=O)N(C)CC(=O)N(C)CC(=O)NCC(=O)N(C)CC(=O)N(C)CC(=O)NCC(N)=O. The predicted octanol–water partition coefficient (Wildman–Crippen LogP) is -6.80. The van der Waals surface area contributed by atoms with Gasteiger partial charge in [0.15, 0.2) is 0 Å². The Bertz CT molecular complexity index is 1150. The van der Waals surface area contributed by atoms with Crippen molar-refractivity contribution in [2.45, 2.75) is 0 Å². The summed E-state index contributed by atoms with van der Waals surface area (Å²) in [5.74, 6) is -5.65. The second kappa shape index (κ2) is 19.8. The van der Waals surface area contributed by atoms with E-state index in [1.54, 1.807) is 0 Å². The van der Waals surface area contributed by atoms with E-state index in [1.165, 1.54) is 42.3 Å². The molecule has 0 rings (SSSR count). The molecular formula is C25H42N10O10. The van der Waals surface area contributed by atoms with Crippen LogP contribution in [-0.4, -0.2) is 190 Å². The standard InChI is InChI=1S/C25H42N10O10/c1-30(16-36)13-23(43)31(2)11-19(39)28-8-21(41)35(6)15-25(45)33(4)12-20(40)29-9-22(42)34(5)14-24(44)32(3)10-18(38)27-7-17(26)37/h16H,7-15H2,1-6H3,(H2,26,37)(H,27,38)(H,28,39)(H,29,40). The Hall–Kier alpha value is -5.30. The third-order valence-corrected chi connectivity index (χ3v) is 5.91. The van der Waals surface area contributed by atoms with Crippen molar-refractivity contribution in [3.63, 3.8) is 0 Å². The number of rotatable bonds is 19. The van der Waals surface area contributed by atoms with Gasteiger partial charge in [0, 0.05) is 42.3 Å². The second-order valence-electron chi connectivity index (χ2n) is 10.1. The first-order valence-corrected chi connectivity index (χ1v) is 13.3. The zero-order valence-corrected chi connectivity index (χ0v) is 26.3. The van der Waals surface area contributed by atoms with Crippen molar-refractivity contribution in [3.05, 3.63) is 0 Å². The molecule has 0 aliphatic rings. The molecule has 45 heavy (non-hydrogen) atoms. The van der Waals surface area contributed by atoms with Crippen molar-refractivity contribution in [2.75, 3.05) is 101 Å². The molecule has 5 N–H and O–H groups in total. The van der Waals surface area contributed by atoms with Gasteiger partial charge in [-0.15, -0.1) is 0 Å². The van der Waals surface area contributed by atoms with Crippen molar-refractivity contribution in [1.29, 1.82) is 0 Å². The van der Waals surface area contributed by atoms with E-state index < -0.39 is 85.9 Å². The number of carbonyl (C=O) groups is 10. The Morgan fingerprint density at radius 2 is 0.756 bits per heavy atom. The summed E-state index contributed by atoms with van der Waals surface area (Å²) >= 11 is 0. The van der Waals surface area contributed by atoms with Crippen molar-refractivity contribution >= 4 is 59.6 Å². The van der Waals surface area contributed by atoms with Crippen LogP contribution in [0.5, 0.6) is 0 Å². The average molecular weight is 643 g/mol. The average Bonchev–Trinajstić information content (AvgIpc) is 2.96. The summed E-state index contributed by atoms with van der Waals surface area (Å²) in [6, 6.07) is 0. The molecule has 0 heterocycles. The number of nitrogens with two attached hydrogens (primary N) is 1. The summed E-state index contributed by atoms with van der Waals surface area (Å²) in [7, 11) is 8.01. The van der Waals surface area contributed by atoms with E-state index in [4.69, 9.17) is 5.73 Å². The third-order valence-electron chi connectivity index (χ3n) is 5.91. The Morgan fingerprint density at radius 1 is 0.467 bits per heavy atom. The Kier molecular flexibility index (Phi) is 17.5. The fourth-order valence-corrected chi connectivity index (χ4v) is 3.08. The monoisotopic (exact) mass is 642 g/mol. The molecule has 0 aromatic rings. The molecule has 10 amide bonds. The smallest absolute Gasteiger partial charge is 0.242 e. The van der Waals surface area contributed by atoms with E-state index >= 15 is 0 Å². The minimum atomic E-state index is -0.750. The normalized spacial score (nSPS) is 10.0. The zero-order chi connectivity index (χ0) is 34.9. The van der Waals surface area contributed by atoms with Crippen LogP contribution in [0.25, 0.3) is 0 Å². The van der Waals surface area contributed by atoms with Gasteiger partial charge in [-0.2, -0.15) is 0 Å². The summed E-state index contributed by atoms with van der Waals surface area (Å²) in [6.45, 7) is -3.56. The van der Waals surface area contributed by atoms with Gasteiger partial charge in [0.25, 0.3) is 0 Å². The minimum Gasteiger partial charge on any atom is -0.368 e. The van der Waals surface area contributed by atoms with Gasteiger partial charge in [-0.1, -0.05) is 0 Å². The van der Waals surface area contributed by atoms with E-state index in [9.17, 15) is 47.9 Å². The Labute approximate surface area is 260 Å². The van der Waals surface area contributed by atoms with Gasteiger partial charge < -0.3 is 51.1 Å². The summed E-state index contributed by atoms with van der Waals surface area (Å²) in [6.07, 6.45) is 0.462. The van der Waals surface area contributed by atoms with Gasteiger partial charge in [0.1, 0.15) is 0 Å². The lowest BCUT2D eigenvalue weighted by molar-refractivity contribution is -0.141. The van der Waals surface area contributed by atoms with Crippen LogP contribution in [0.1, 0.15) is 0 Å². The van der Waals surface area contributed by atoms with Crippen LogP contribution in [0.2, 0.25) is 0 Å². The molecule has 0 saturated carbocycles. The highest BCUT2D eigenvalue weighted by Gasteiger charge is 2.21. The van der Waals surface area contributed by atoms with Crippen molar-refractivity contribution in [2.24, 2.45) is 5.73 Å². The maximum absolute atomic E-state index is 12.5. The van der Waals surface area contributed by atoms with Crippen LogP contribution in [0.15, 0.2) is 0 Å². The summed E-state index contributed by atoms with van der Waals surface area (Å²) in [4.78, 5) is 125. The van der Waals surface area contributed by atoms with E-state index in [-0.39, 0.29) is 26.2 Å². The molecule has 0 aliphatic heterocycles. The lowest BCUT2D eigenvalue weighted by Gasteiger charge is -2.23. The first-order chi connectivity index (χ1) is 20.9. The highest BCUT2D eigenvalue weighted by atomic mass is 16.2. The first kappa shape index (κ1) is 39.7. The van der Waals surface area contributed by atoms with Crippen LogP contribution >= 0.6 is 0 Å². The first-order valence-electron chi connectivity index (χ1n) is 13.3. The summed E-state index contributed by atoms with van der Waals surface area (Å²) in [5, 5.41) is 6.88. The van der Waals surface area contributed by atoms with Crippen LogP contribution < -0.4 is 21.7 Å². The van der Waals surface area contributed by atoms with Gasteiger partial charge in [-0.3, -0.25) is 47.9 Å². The molecule has 0 saturated heterocycles. The molecule has 0 aromatic carbocycles. The van der Waals surface area contributed by atoms with Crippen molar-refractivity contribution < 1.29 is 47.9 Å². The number of nitrogens with one attached hydrogen (secondary N) is 3. The van der Waals surface area contributed by atoms with Gasteiger partial charge in [0.2, 0.25) is 59.6 Å². The number of likely N-dealkylation sites (N-methyl/N-ethyl adjacent to an activating group) is 6. The van der Waals surface area contributed by atoms with Crippen LogP contribution in [0.3, 0.4) is 0 Å². The van der Waals surface area contributed by atoms with Gasteiger partial charge in [-0.25, -0.2) is 0 Å². The van der Waals surface area contributed by atoms with Crippen molar-refractivity contribution in [3.8, 4) is 0 Å². The largest absolute Gasteiger partial charge is 0.368 e. The molecule has 0 atom stereocenters. The van der Waals surface area contributed by atoms with E-state index in [2.05, 4.69) is 16.0 Å². The number of nitrogens with zero attached hydrogens (tertiary/aromatic N) is 6. The maximum atomic E-state index is 12.5. The lowest BCUT2D eigenvalue weighted by atomic mass is 10.4. The van der Waals surface area contributed by atoms with E-state index in [0.717, 1.165) is 29.4 Å². The maximum Gasteiger partial charge on any atom is 0.242 e. The molecule has 20 heteroatoms. The molecule has 0 radical (unpaired) electrons. The number of amides is 10. The van der Waals surface area contributed by atoms with Gasteiger partial charge in [0.05, 0.1) is 58.9 Å². The molecular weight excluding hydrogens is 600 g/mol. The predicted molar refractivity (Wildman–Crippen MR) is 155 cm³/mol. The quantitative estimate of drug-likeness (QED) is 0.0969. The molecule has 0 aliphatic carbocycles. The number of primary amides is 1. The van der Waals surface area contributed by atoms with E-state index in [0.29, 0.717) is 6.41 Å². The molecule has 0 fully saturated rings. The highest BCUT2D eigenvalue weighted by Crippen LogP contribution is 1.94. The minimum absolute atomic E-state index is 0.222. The fourth-order valence-electron chi connectivity index (χ4n) is 3.08. The van der Waals surface area contributed by atoms with Crippen LogP contribution in [-0.2, 0) is 47.9 Å². The second-order valence-corrected chi connectivity index (χ2v) is 10.1. The summed E-state index contributed by atoms with van der Waals surface area (Å²) < 4.78 is 0. The Morgan fingerprint density at radius 3 is 1.07 bits per heavy atom. The molecule has 0 bridgehead atoms. The van der Waals surface area contributed by atoms with Crippen molar-refractivity contribution in [1.82, 2.24) is 45.3 Å². The Balaban J connectivity index is 4.53. The highest BCUT2D eigenvalue weighted by molar-refractivity contribution is 5.93. The lowest BCUT2D eigenvalue weighted by Crippen LogP contribution is -2.48. The van der Waals surface area contributed by atoms with Crippen LogP contribution in [0, 0.1) is 0 Å². The third kappa shape index (κ3) is 16.8. The molecule has 252 valence electrons. The zero-order valence-electron chi connectivity index (χ0n) is 26.3. The van der Waals surface area contributed by atoms with E-state index in [1.807, 2.05) is 0 Å². The van der Waals surface area contributed by atoms with Crippen LogP contribution in [0.4, 0.5) is 0 Å². The van der Waals surface area contributed by atoms with Gasteiger partial charge in [-0.05, 0) is 0 Å². The molecule has 20 nitrogen and oxygen atoms in total. The van der Waals surface area contributed by atoms with Gasteiger partial charge >= 0.3 is 0 Å². The molecule has 0 spiro atoms. The molecule has 0 unspecified atom stereocenters. The number of carbonyl (C=O) groups excluding carboxylic acids is 10. The molecule has 0 aromatic heterocycles. The number of hydrogen-bond acceptors (Lipinski definition) is 10. The fraction of sp³-hybridized carbons (Fsp3) is 0.600. The summed E-state index contributed by atoms with van der Waals surface area (Å²) in [5.41, 5.74) is 4.93. The topological polar surface area (TPSA) is 252 Å². The number of hydrogen-bond donors (Lipinski definition) is 4.